The van der Waals surface area contributed by atoms with Gasteiger partial charge < -0.3 is 15.6 Å². The molecule has 5 rings (SSSR count). The van der Waals surface area contributed by atoms with Gasteiger partial charge in [-0.05, 0) is 30.7 Å². The summed E-state index contributed by atoms with van der Waals surface area (Å²) in [5.74, 6) is 1.13. The molecule has 7 nitrogen and oxygen atoms in total. The highest BCUT2D eigenvalue weighted by Crippen LogP contribution is 2.35. The van der Waals surface area contributed by atoms with Crippen LogP contribution in [0.25, 0.3) is 10.2 Å². The number of aromatic amines is 1. The highest BCUT2D eigenvalue weighted by atomic mass is 32.1. The maximum absolute atomic E-state index is 12.7. The van der Waals surface area contributed by atoms with Crippen molar-refractivity contribution in [2.75, 3.05) is 11.9 Å². The van der Waals surface area contributed by atoms with Gasteiger partial charge in [-0.2, -0.15) is 0 Å². The van der Waals surface area contributed by atoms with E-state index in [1.807, 2.05) is 0 Å². The van der Waals surface area contributed by atoms with Crippen molar-refractivity contribution in [3.63, 3.8) is 0 Å². The Balaban J connectivity index is 1.28. The summed E-state index contributed by atoms with van der Waals surface area (Å²) in [6.45, 7) is 4.00. The zero-order chi connectivity index (χ0) is 20.0. The molecule has 1 amide bonds. The maximum atomic E-state index is 12.7. The van der Waals surface area contributed by atoms with Crippen LogP contribution in [0.4, 0.5) is 5.13 Å². The van der Waals surface area contributed by atoms with E-state index in [1.165, 1.54) is 26.7 Å². The molecule has 29 heavy (non-hydrogen) atoms. The lowest BCUT2D eigenvalue weighted by molar-refractivity contribution is -0.116. The monoisotopic (exact) mass is 429 g/mol. The molecule has 1 aliphatic carbocycles. The Hall–Kier alpha value is -2.10. The molecule has 1 unspecified atom stereocenters. The number of carbonyl (C=O) groups excluding carboxylic acids is 1. The van der Waals surface area contributed by atoms with Crippen LogP contribution in [0.1, 0.15) is 46.6 Å². The third-order valence-corrected chi connectivity index (χ3v) is 7.81. The van der Waals surface area contributed by atoms with Crippen LogP contribution in [0.15, 0.2) is 4.79 Å². The van der Waals surface area contributed by atoms with Crippen molar-refractivity contribution >= 4 is 43.9 Å². The van der Waals surface area contributed by atoms with Crippen molar-refractivity contribution in [3.8, 4) is 0 Å². The number of hydrogen-bond donors (Lipinski definition) is 3. The highest BCUT2D eigenvalue weighted by molar-refractivity contribution is 7.18. The van der Waals surface area contributed by atoms with Gasteiger partial charge in [0, 0.05) is 42.1 Å². The van der Waals surface area contributed by atoms with Crippen molar-refractivity contribution < 1.29 is 4.79 Å². The summed E-state index contributed by atoms with van der Waals surface area (Å²) < 4.78 is 0. The Morgan fingerprint density at radius 1 is 1.24 bits per heavy atom. The smallest absolute Gasteiger partial charge is 0.259 e. The molecule has 0 aromatic carbocycles. The summed E-state index contributed by atoms with van der Waals surface area (Å²) in [4.78, 5) is 40.4. The van der Waals surface area contributed by atoms with Gasteiger partial charge in [-0.1, -0.05) is 6.92 Å². The molecule has 1 atom stereocenters. The van der Waals surface area contributed by atoms with Crippen LogP contribution in [0.3, 0.4) is 0 Å². The molecule has 2 aliphatic rings. The number of fused-ring (bicyclic) bond motifs is 4. The zero-order valence-corrected chi connectivity index (χ0v) is 17.9. The molecule has 0 saturated heterocycles. The van der Waals surface area contributed by atoms with Crippen LogP contribution in [-0.4, -0.2) is 27.4 Å². The second-order valence-corrected chi connectivity index (χ2v) is 10.1. The molecule has 152 valence electrons. The largest absolute Gasteiger partial charge is 0.311 e. The normalized spacial score (nSPS) is 18.4. The van der Waals surface area contributed by atoms with Crippen LogP contribution in [0.2, 0.25) is 0 Å². The number of H-pyrrole nitrogens is 1. The van der Waals surface area contributed by atoms with Crippen LogP contribution in [0, 0.1) is 5.92 Å². The minimum absolute atomic E-state index is 0.0717. The molecular weight excluding hydrogens is 406 g/mol. The van der Waals surface area contributed by atoms with Gasteiger partial charge >= 0.3 is 0 Å². The predicted octanol–water partition coefficient (Wildman–Crippen LogP) is 2.78. The third kappa shape index (κ3) is 3.74. The third-order valence-electron chi connectivity index (χ3n) is 5.65. The second-order valence-electron chi connectivity index (χ2n) is 7.91. The minimum Gasteiger partial charge on any atom is -0.311 e. The summed E-state index contributed by atoms with van der Waals surface area (Å²) in [5.41, 5.74) is 2.19. The maximum Gasteiger partial charge on any atom is 0.259 e. The van der Waals surface area contributed by atoms with E-state index in [4.69, 9.17) is 0 Å². The summed E-state index contributed by atoms with van der Waals surface area (Å²) in [6, 6.07) is 0. The average molecular weight is 430 g/mol. The van der Waals surface area contributed by atoms with Crippen molar-refractivity contribution in [2.24, 2.45) is 5.92 Å². The number of aromatic nitrogens is 3. The van der Waals surface area contributed by atoms with E-state index in [0.29, 0.717) is 23.3 Å². The lowest BCUT2D eigenvalue weighted by Crippen LogP contribution is -2.22. The van der Waals surface area contributed by atoms with E-state index in [1.54, 1.807) is 11.3 Å². The number of anilines is 1. The first-order valence-electron chi connectivity index (χ1n) is 10.1. The average Bonchev–Trinajstić information content (AvgIpc) is 3.26. The quantitative estimate of drug-likeness (QED) is 0.592. The number of nitrogens with one attached hydrogen (secondary N) is 3. The van der Waals surface area contributed by atoms with Crippen LogP contribution < -0.4 is 16.2 Å². The second kappa shape index (κ2) is 7.62. The minimum atomic E-state index is -0.105. The van der Waals surface area contributed by atoms with E-state index in [-0.39, 0.29) is 17.9 Å². The SMILES string of the molecule is CC1CCc2c(sc3nc(CCC(=O)Nc4nc5c(s4)CNCC5)[nH]c(=O)c23)C1. The van der Waals surface area contributed by atoms with Gasteiger partial charge in [0.25, 0.3) is 5.56 Å². The molecule has 3 aromatic heterocycles. The Morgan fingerprint density at radius 2 is 2.14 bits per heavy atom. The van der Waals surface area contributed by atoms with Crippen molar-refractivity contribution in [1.29, 1.82) is 0 Å². The Labute approximate surface area is 176 Å². The zero-order valence-electron chi connectivity index (χ0n) is 16.3. The summed E-state index contributed by atoms with van der Waals surface area (Å²) >= 11 is 3.17. The van der Waals surface area contributed by atoms with Crippen LogP contribution in [-0.2, 0) is 37.0 Å². The first-order valence-corrected chi connectivity index (χ1v) is 11.7. The van der Waals surface area contributed by atoms with E-state index in [0.717, 1.165) is 54.7 Å². The van der Waals surface area contributed by atoms with Crippen LogP contribution >= 0.6 is 22.7 Å². The highest BCUT2D eigenvalue weighted by Gasteiger charge is 2.23. The fourth-order valence-electron chi connectivity index (χ4n) is 4.10. The molecule has 0 bridgehead atoms. The summed E-state index contributed by atoms with van der Waals surface area (Å²) in [5, 5.41) is 7.61. The summed E-state index contributed by atoms with van der Waals surface area (Å²) in [6.07, 6.45) is 4.67. The summed E-state index contributed by atoms with van der Waals surface area (Å²) in [7, 11) is 0. The Bertz CT molecular complexity index is 1120. The lowest BCUT2D eigenvalue weighted by Gasteiger charge is -2.17. The number of aryl methyl sites for hydroxylation is 2. The van der Waals surface area contributed by atoms with Gasteiger partial charge in [0.2, 0.25) is 5.91 Å². The van der Waals surface area contributed by atoms with Gasteiger partial charge in [-0.15, -0.1) is 22.7 Å². The number of rotatable bonds is 4. The van der Waals surface area contributed by atoms with E-state index in [2.05, 4.69) is 32.5 Å². The lowest BCUT2D eigenvalue weighted by atomic mass is 9.89. The van der Waals surface area contributed by atoms with Gasteiger partial charge in [0.15, 0.2) is 5.13 Å². The van der Waals surface area contributed by atoms with E-state index in [9.17, 15) is 9.59 Å². The van der Waals surface area contributed by atoms with Gasteiger partial charge in [0.1, 0.15) is 10.7 Å². The van der Waals surface area contributed by atoms with Crippen molar-refractivity contribution in [1.82, 2.24) is 20.3 Å². The fraction of sp³-hybridized carbons (Fsp3) is 0.500. The number of carbonyl (C=O) groups is 1. The molecule has 3 aromatic rings. The number of thiazole rings is 1. The van der Waals surface area contributed by atoms with Crippen molar-refractivity contribution in [2.45, 2.75) is 52.0 Å². The van der Waals surface area contributed by atoms with E-state index >= 15 is 0 Å². The number of nitrogens with zero attached hydrogens (tertiary/aromatic N) is 2. The topological polar surface area (TPSA) is 99.8 Å². The van der Waals surface area contributed by atoms with Gasteiger partial charge in [-0.25, -0.2) is 9.97 Å². The molecule has 0 radical (unpaired) electrons. The molecule has 3 N–H and O–H groups in total. The molecule has 0 fully saturated rings. The standard InChI is InChI=1S/C20H23N5O2S2/c1-10-2-3-11-13(8-10)28-19-17(11)18(27)23-15(24-19)4-5-16(26)25-20-22-12-6-7-21-9-14(12)29-20/h10,21H,2-9H2,1H3,(H,22,25,26)(H,23,24,27). The number of amides is 1. The first kappa shape index (κ1) is 18.9. The van der Waals surface area contributed by atoms with Gasteiger partial charge in [0.05, 0.1) is 11.1 Å². The predicted molar refractivity (Wildman–Crippen MR) is 116 cm³/mol. The molecule has 0 spiro atoms. The first-order chi connectivity index (χ1) is 14.1. The molecule has 9 heteroatoms. The number of thiophene rings is 1. The molecule has 4 heterocycles. The Morgan fingerprint density at radius 3 is 3.00 bits per heavy atom. The molecule has 1 aliphatic heterocycles. The fourth-order valence-corrected chi connectivity index (χ4v) is 6.50. The van der Waals surface area contributed by atoms with Crippen molar-refractivity contribution in [3.05, 3.63) is 37.2 Å². The molecular formula is C20H23N5O2S2. The Kier molecular flexibility index (Phi) is 4.97. The number of hydrogen-bond acceptors (Lipinski definition) is 7. The molecule has 0 saturated carbocycles. The van der Waals surface area contributed by atoms with E-state index < -0.39 is 0 Å². The van der Waals surface area contributed by atoms with Gasteiger partial charge in [-0.3, -0.25) is 9.59 Å². The van der Waals surface area contributed by atoms with Crippen LogP contribution in [0.5, 0.6) is 0 Å².